The fraction of sp³-hybridized carbons (Fsp3) is 0.571. The molecule has 0 amide bonds. The van der Waals surface area contributed by atoms with Crippen LogP contribution in [0.4, 0.5) is 0 Å². The maximum absolute atomic E-state index is 5.89. The zero-order chi connectivity index (χ0) is 13.7. The number of ether oxygens (including phenoxy) is 1. The van der Waals surface area contributed by atoms with Gasteiger partial charge in [0.25, 0.3) is 0 Å². The molecule has 0 spiro atoms. The van der Waals surface area contributed by atoms with Crippen molar-refractivity contribution in [3.63, 3.8) is 0 Å². The summed E-state index contributed by atoms with van der Waals surface area (Å²) in [6.45, 7) is 9.27. The summed E-state index contributed by atoms with van der Waals surface area (Å²) in [5.74, 6) is 0.934. The summed E-state index contributed by atoms with van der Waals surface area (Å²) in [6, 6.07) is 4.64. The van der Waals surface area contributed by atoms with Crippen LogP contribution >= 0.6 is 31.9 Å². The molecule has 1 rings (SSSR count). The second-order valence-corrected chi connectivity index (χ2v) is 6.50. The van der Waals surface area contributed by atoms with Crippen LogP contribution in [-0.4, -0.2) is 12.1 Å². The van der Waals surface area contributed by atoms with E-state index in [0.717, 1.165) is 27.7 Å². The van der Waals surface area contributed by atoms with Crippen molar-refractivity contribution in [2.24, 2.45) is 0 Å². The van der Waals surface area contributed by atoms with Crippen LogP contribution in [0.15, 0.2) is 21.1 Å². The van der Waals surface area contributed by atoms with Gasteiger partial charge in [0.15, 0.2) is 0 Å². The Balaban J connectivity index is 2.92. The molecule has 0 heterocycles. The first-order valence-corrected chi connectivity index (χ1v) is 7.90. The smallest absolute Gasteiger partial charge is 0.138 e. The third kappa shape index (κ3) is 4.90. The van der Waals surface area contributed by atoms with Gasteiger partial charge < -0.3 is 10.1 Å². The standard InChI is InChI=1S/C14H21Br2NO/c1-5-10(4)17-8-11-6-12(15)7-13(16)14(11)18-9(2)3/h6-7,9-10,17H,5,8H2,1-4H3. The van der Waals surface area contributed by atoms with Gasteiger partial charge in [-0.15, -0.1) is 0 Å². The van der Waals surface area contributed by atoms with E-state index >= 15 is 0 Å². The van der Waals surface area contributed by atoms with Gasteiger partial charge in [0, 0.05) is 22.6 Å². The van der Waals surface area contributed by atoms with Crippen molar-refractivity contribution in [2.45, 2.75) is 52.8 Å². The summed E-state index contributed by atoms with van der Waals surface area (Å²) in [7, 11) is 0. The summed E-state index contributed by atoms with van der Waals surface area (Å²) >= 11 is 7.09. The van der Waals surface area contributed by atoms with Crippen LogP contribution in [0.2, 0.25) is 0 Å². The van der Waals surface area contributed by atoms with E-state index < -0.39 is 0 Å². The quantitative estimate of drug-likeness (QED) is 0.760. The maximum Gasteiger partial charge on any atom is 0.138 e. The Morgan fingerprint density at radius 1 is 1.22 bits per heavy atom. The van der Waals surface area contributed by atoms with Crippen LogP contribution in [-0.2, 0) is 6.54 Å². The van der Waals surface area contributed by atoms with Crippen LogP contribution in [0.5, 0.6) is 5.75 Å². The molecular formula is C14H21Br2NO. The summed E-state index contributed by atoms with van der Waals surface area (Å²) in [6.07, 6.45) is 1.29. The summed E-state index contributed by atoms with van der Waals surface area (Å²) in [4.78, 5) is 0. The highest BCUT2D eigenvalue weighted by Crippen LogP contribution is 2.33. The lowest BCUT2D eigenvalue weighted by atomic mass is 10.1. The Kier molecular flexibility index (Phi) is 6.67. The van der Waals surface area contributed by atoms with Gasteiger partial charge >= 0.3 is 0 Å². The lowest BCUT2D eigenvalue weighted by molar-refractivity contribution is 0.237. The Morgan fingerprint density at radius 3 is 2.44 bits per heavy atom. The highest BCUT2D eigenvalue weighted by atomic mass is 79.9. The van der Waals surface area contributed by atoms with Crippen molar-refractivity contribution in [1.29, 1.82) is 0 Å². The van der Waals surface area contributed by atoms with Gasteiger partial charge in [-0.25, -0.2) is 0 Å². The molecule has 2 nitrogen and oxygen atoms in total. The fourth-order valence-electron chi connectivity index (χ4n) is 1.54. The first-order chi connectivity index (χ1) is 8.43. The van der Waals surface area contributed by atoms with Gasteiger partial charge in [0.2, 0.25) is 0 Å². The van der Waals surface area contributed by atoms with E-state index in [9.17, 15) is 0 Å². The molecule has 1 aromatic carbocycles. The summed E-state index contributed by atoms with van der Waals surface area (Å²) in [5.41, 5.74) is 1.17. The van der Waals surface area contributed by atoms with Gasteiger partial charge in [-0.05, 0) is 55.3 Å². The lowest BCUT2D eigenvalue weighted by Crippen LogP contribution is -2.25. The van der Waals surface area contributed by atoms with Crippen molar-refractivity contribution in [3.8, 4) is 5.75 Å². The molecule has 102 valence electrons. The van der Waals surface area contributed by atoms with Crippen molar-refractivity contribution in [2.75, 3.05) is 0 Å². The first-order valence-electron chi connectivity index (χ1n) is 6.32. The van der Waals surface area contributed by atoms with Crippen LogP contribution < -0.4 is 10.1 Å². The van der Waals surface area contributed by atoms with Crippen molar-refractivity contribution in [1.82, 2.24) is 5.32 Å². The minimum absolute atomic E-state index is 0.171. The van der Waals surface area contributed by atoms with Crippen molar-refractivity contribution >= 4 is 31.9 Å². The van der Waals surface area contributed by atoms with Crippen LogP contribution in [0.3, 0.4) is 0 Å². The summed E-state index contributed by atoms with van der Waals surface area (Å²) < 4.78 is 7.94. The molecule has 1 atom stereocenters. The van der Waals surface area contributed by atoms with Crippen LogP contribution in [0.25, 0.3) is 0 Å². The summed E-state index contributed by atoms with van der Waals surface area (Å²) in [5, 5.41) is 3.49. The minimum atomic E-state index is 0.171. The molecule has 0 bridgehead atoms. The molecule has 0 radical (unpaired) electrons. The monoisotopic (exact) mass is 377 g/mol. The average Bonchev–Trinajstić information content (AvgIpc) is 2.29. The number of hydrogen-bond acceptors (Lipinski definition) is 2. The molecule has 0 aromatic heterocycles. The first kappa shape index (κ1) is 16.0. The SMILES string of the molecule is CCC(C)NCc1cc(Br)cc(Br)c1OC(C)C. The zero-order valence-corrected chi connectivity index (χ0v) is 14.6. The maximum atomic E-state index is 5.89. The van der Waals surface area contributed by atoms with E-state index in [4.69, 9.17) is 4.74 Å². The zero-order valence-electron chi connectivity index (χ0n) is 11.4. The highest BCUT2D eigenvalue weighted by molar-refractivity contribution is 9.11. The van der Waals surface area contributed by atoms with Gasteiger partial charge in [-0.2, -0.15) is 0 Å². The van der Waals surface area contributed by atoms with E-state index in [1.165, 1.54) is 5.56 Å². The largest absolute Gasteiger partial charge is 0.489 e. The number of benzene rings is 1. The molecule has 0 saturated carbocycles. The Hall–Kier alpha value is -0.0600. The van der Waals surface area contributed by atoms with Crippen molar-refractivity contribution in [3.05, 3.63) is 26.6 Å². The molecule has 0 aliphatic rings. The molecular weight excluding hydrogens is 358 g/mol. The second kappa shape index (κ2) is 7.51. The third-order valence-electron chi connectivity index (χ3n) is 2.69. The molecule has 0 saturated heterocycles. The van der Waals surface area contributed by atoms with E-state index in [1.807, 2.05) is 19.9 Å². The molecule has 1 N–H and O–H groups in total. The lowest BCUT2D eigenvalue weighted by Gasteiger charge is -2.18. The number of rotatable bonds is 6. The Morgan fingerprint density at radius 2 is 1.89 bits per heavy atom. The number of nitrogens with one attached hydrogen (secondary N) is 1. The van der Waals surface area contributed by atoms with Crippen molar-refractivity contribution < 1.29 is 4.74 Å². The number of hydrogen-bond donors (Lipinski definition) is 1. The predicted octanol–water partition coefficient (Wildman–Crippen LogP) is 4.89. The van der Waals surface area contributed by atoms with Gasteiger partial charge in [-0.3, -0.25) is 0 Å². The molecule has 0 aliphatic carbocycles. The van der Waals surface area contributed by atoms with Crippen LogP contribution in [0, 0.1) is 0 Å². The van der Waals surface area contributed by atoms with E-state index in [0.29, 0.717) is 6.04 Å². The van der Waals surface area contributed by atoms with E-state index in [-0.39, 0.29) is 6.10 Å². The average molecular weight is 379 g/mol. The van der Waals surface area contributed by atoms with Crippen LogP contribution in [0.1, 0.15) is 39.7 Å². The highest BCUT2D eigenvalue weighted by Gasteiger charge is 2.12. The third-order valence-corrected chi connectivity index (χ3v) is 3.74. The fourth-order valence-corrected chi connectivity index (χ4v) is 2.95. The van der Waals surface area contributed by atoms with Gasteiger partial charge in [-0.1, -0.05) is 22.9 Å². The molecule has 4 heteroatoms. The molecule has 0 fully saturated rings. The molecule has 1 unspecified atom stereocenters. The Bertz CT molecular complexity index is 394. The molecule has 18 heavy (non-hydrogen) atoms. The number of halogens is 2. The van der Waals surface area contributed by atoms with E-state index in [1.54, 1.807) is 0 Å². The van der Waals surface area contributed by atoms with E-state index in [2.05, 4.69) is 57.1 Å². The minimum Gasteiger partial charge on any atom is -0.489 e. The van der Waals surface area contributed by atoms with Gasteiger partial charge in [0.05, 0.1) is 10.6 Å². The topological polar surface area (TPSA) is 21.3 Å². The predicted molar refractivity (Wildman–Crippen MR) is 84.2 cm³/mol. The molecule has 1 aromatic rings. The second-order valence-electron chi connectivity index (χ2n) is 4.73. The normalized spacial score (nSPS) is 12.8. The Labute approximate surface area is 127 Å². The van der Waals surface area contributed by atoms with Gasteiger partial charge in [0.1, 0.15) is 5.75 Å². The molecule has 0 aliphatic heterocycles.